The van der Waals surface area contributed by atoms with E-state index in [0.717, 1.165) is 29.6 Å². The monoisotopic (exact) mass is 255 g/mol. The van der Waals surface area contributed by atoms with Crippen molar-refractivity contribution in [1.29, 1.82) is 0 Å². The first kappa shape index (κ1) is 12.6. The highest BCUT2D eigenvalue weighted by atomic mass is 32.2. The Balaban J connectivity index is 2.21. The van der Waals surface area contributed by atoms with Crippen LogP contribution in [0.1, 0.15) is 11.7 Å². The van der Waals surface area contributed by atoms with Gasteiger partial charge in [0.2, 0.25) is 0 Å². The molecule has 0 spiro atoms. The van der Waals surface area contributed by atoms with Crippen LogP contribution in [-0.2, 0) is 4.74 Å². The first-order chi connectivity index (χ1) is 8.36. The Morgan fingerprint density at radius 1 is 1.71 bits per heavy atom. The number of nitrogens with two attached hydrogens (primary N) is 1. The summed E-state index contributed by atoms with van der Waals surface area (Å²) in [6.45, 7) is 0.753. The number of rotatable bonds is 4. The second-order valence-corrected chi connectivity index (χ2v) is 4.87. The highest BCUT2D eigenvalue weighted by molar-refractivity contribution is 7.99. The molecule has 2 unspecified atom stereocenters. The van der Waals surface area contributed by atoms with Crippen molar-refractivity contribution >= 4 is 11.8 Å². The van der Waals surface area contributed by atoms with Gasteiger partial charge in [-0.1, -0.05) is 0 Å². The van der Waals surface area contributed by atoms with Crippen molar-refractivity contribution in [2.75, 3.05) is 25.2 Å². The molecule has 0 radical (unpaired) electrons. The van der Waals surface area contributed by atoms with Crippen LogP contribution in [0.4, 0.5) is 0 Å². The van der Waals surface area contributed by atoms with Crippen LogP contribution in [0.3, 0.4) is 0 Å². The van der Waals surface area contributed by atoms with Crippen LogP contribution in [0.2, 0.25) is 0 Å². The molecule has 0 aromatic carbocycles. The number of methoxy groups -OCH3 is 1. The van der Waals surface area contributed by atoms with Gasteiger partial charge in [-0.25, -0.2) is 5.43 Å². The van der Waals surface area contributed by atoms with Gasteiger partial charge >= 0.3 is 0 Å². The zero-order chi connectivity index (χ0) is 12.1. The molecule has 0 bridgehead atoms. The smallest absolute Gasteiger partial charge is 0.142 e. The molecule has 17 heavy (non-hydrogen) atoms. The molecule has 2 rings (SSSR count). The van der Waals surface area contributed by atoms with Crippen molar-refractivity contribution < 1.29 is 9.47 Å². The molecule has 2 heterocycles. The molecule has 0 amide bonds. The third-order valence-corrected chi connectivity index (χ3v) is 3.73. The molecule has 3 N–H and O–H groups in total. The van der Waals surface area contributed by atoms with Crippen molar-refractivity contribution in [2.24, 2.45) is 5.84 Å². The van der Waals surface area contributed by atoms with Crippen molar-refractivity contribution in [1.82, 2.24) is 10.4 Å². The minimum Gasteiger partial charge on any atom is -0.495 e. The molecule has 1 aliphatic heterocycles. The van der Waals surface area contributed by atoms with E-state index in [0.29, 0.717) is 0 Å². The van der Waals surface area contributed by atoms with Gasteiger partial charge in [0, 0.05) is 17.7 Å². The van der Waals surface area contributed by atoms with Crippen LogP contribution in [0.5, 0.6) is 5.75 Å². The summed E-state index contributed by atoms with van der Waals surface area (Å²) in [5.41, 5.74) is 3.58. The van der Waals surface area contributed by atoms with E-state index in [1.165, 1.54) is 0 Å². The fourth-order valence-corrected chi connectivity index (χ4v) is 2.77. The largest absolute Gasteiger partial charge is 0.495 e. The molecular formula is C11H17N3O2S. The number of nitrogens with one attached hydrogen (secondary N) is 1. The molecule has 0 saturated carbocycles. The Morgan fingerprint density at radius 2 is 2.59 bits per heavy atom. The van der Waals surface area contributed by atoms with Gasteiger partial charge < -0.3 is 9.47 Å². The van der Waals surface area contributed by atoms with Crippen LogP contribution in [0.15, 0.2) is 18.3 Å². The molecule has 1 aliphatic rings. The molecule has 0 aliphatic carbocycles. The summed E-state index contributed by atoms with van der Waals surface area (Å²) in [5.74, 6) is 8.30. The number of nitrogens with zero attached hydrogens (tertiary/aromatic N) is 1. The average molecular weight is 255 g/mol. The number of hydrazine groups is 1. The van der Waals surface area contributed by atoms with E-state index >= 15 is 0 Å². The summed E-state index contributed by atoms with van der Waals surface area (Å²) in [4.78, 5) is 4.34. The van der Waals surface area contributed by atoms with Crippen LogP contribution < -0.4 is 16.0 Å². The normalized spacial score (nSPS) is 22.1. The number of hydrogen-bond donors (Lipinski definition) is 2. The van der Waals surface area contributed by atoms with Crippen molar-refractivity contribution in [3.05, 3.63) is 24.0 Å². The van der Waals surface area contributed by atoms with E-state index in [1.54, 1.807) is 13.3 Å². The number of hydrogen-bond acceptors (Lipinski definition) is 6. The molecule has 2 atom stereocenters. The number of thioether (sulfide) groups is 1. The number of ether oxygens (including phenoxy) is 2. The maximum atomic E-state index is 5.73. The second kappa shape index (κ2) is 6.20. The van der Waals surface area contributed by atoms with Gasteiger partial charge in [-0.3, -0.25) is 10.8 Å². The highest BCUT2D eigenvalue weighted by Crippen LogP contribution is 2.29. The molecule has 6 heteroatoms. The summed E-state index contributed by atoms with van der Waals surface area (Å²) >= 11 is 1.87. The quantitative estimate of drug-likeness (QED) is 0.610. The van der Waals surface area contributed by atoms with Crippen molar-refractivity contribution in [2.45, 2.75) is 12.1 Å². The maximum absolute atomic E-state index is 5.73. The highest BCUT2D eigenvalue weighted by Gasteiger charge is 2.28. The summed E-state index contributed by atoms with van der Waals surface area (Å²) in [7, 11) is 1.63. The van der Waals surface area contributed by atoms with Crippen LogP contribution in [0.25, 0.3) is 0 Å². The van der Waals surface area contributed by atoms with E-state index in [9.17, 15) is 0 Å². The molecule has 94 valence electrons. The lowest BCUT2D eigenvalue weighted by atomic mass is 10.1. The molecule has 5 nitrogen and oxygen atoms in total. The minimum absolute atomic E-state index is 0.0301. The van der Waals surface area contributed by atoms with E-state index < -0.39 is 0 Å². The lowest BCUT2D eigenvalue weighted by Gasteiger charge is -2.29. The SMILES string of the molecule is COc1cccnc1C(NN)C1CSCCO1. The maximum Gasteiger partial charge on any atom is 0.142 e. The fraction of sp³-hybridized carbons (Fsp3) is 0.545. The van der Waals surface area contributed by atoms with Crippen molar-refractivity contribution in [3.8, 4) is 5.75 Å². The second-order valence-electron chi connectivity index (χ2n) is 3.72. The Labute approximate surface area is 105 Å². The standard InChI is InChI=1S/C11H17N3O2S/c1-15-8-3-2-4-13-10(8)11(14-12)9-7-17-6-5-16-9/h2-4,9,11,14H,5-7,12H2,1H3. The molecule has 1 aromatic rings. The summed E-state index contributed by atoms with van der Waals surface area (Å²) in [6.07, 6.45) is 1.76. The zero-order valence-corrected chi connectivity index (χ0v) is 10.6. The fourth-order valence-electron chi connectivity index (χ4n) is 1.87. The average Bonchev–Trinajstić information content (AvgIpc) is 2.41. The molecular weight excluding hydrogens is 238 g/mol. The van der Waals surface area contributed by atoms with Crippen molar-refractivity contribution in [3.63, 3.8) is 0 Å². The summed E-state index contributed by atoms with van der Waals surface area (Å²) in [5, 5.41) is 0. The first-order valence-corrected chi connectivity index (χ1v) is 6.66. The number of pyridine rings is 1. The Morgan fingerprint density at radius 3 is 3.24 bits per heavy atom. The van der Waals surface area contributed by atoms with Crippen LogP contribution >= 0.6 is 11.8 Å². The Bertz CT molecular complexity index is 358. The predicted octanol–water partition coefficient (Wildman–Crippen LogP) is 0.727. The van der Waals surface area contributed by atoms with Gasteiger partial charge in [0.1, 0.15) is 11.4 Å². The van der Waals surface area contributed by atoms with Gasteiger partial charge in [-0.2, -0.15) is 11.8 Å². The molecule has 1 aromatic heterocycles. The van der Waals surface area contributed by atoms with Gasteiger partial charge in [-0.05, 0) is 12.1 Å². The van der Waals surface area contributed by atoms with Gasteiger partial charge in [0.05, 0.1) is 25.9 Å². The van der Waals surface area contributed by atoms with E-state index in [2.05, 4.69) is 10.4 Å². The van der Waals surface area contributed by atoms with Gasteiger partial charge in [0.15, 0.2) is 0 Å². The van der Waals surface area contributed by atoms with Crippen LogP contribution in [-0.4, -0.2) is 36.3 Å². The Kier molecular flexibility index (Phi) is 4.61. The minimum atomic E-state index is -0.140. The lowest BCUT2D eigenvalue weighted by Crippen LogP contribution is -2.41. The van der Waals surface area contributed by atoms with E-state index in [4.69, 9.17) is 15.3 Å². The number of aromatic nitrogens is 1. The van der Waals surface area contributed by atoms with Crippen LogP contribution in [0, 0.1) is 0 Å². The van der Waals surface area contributed by atoms with Gasteiger partial charge in [0.25, 0.3) is 0 Å². The topological polar surface area (TPSA) is 69.4 Å². The summed E-state index contributed by atoms with van der Waals surface area (Å²) < 4.78 is 11.0. The Hall–Kier alpha value is -0.820. The predicted molar refractivity (Wildman–Crippen MR) is 67.9 cm³/mol. The first-order valence-electron chi connectivity index (χ1n) is 5.51. The lowest BCUT2D eigenvalue weighted by molar-refractivity contribution is 0.0450. The van der Waals surface area contributed by atoms with Gasteiger partial charge in [-0.15, -0.1) is 0 Å². The zero-order valence-electron chi connectivity index (χ0n) is 9.76. The third kappa shape index (κ3) is 2.90. The summed E-state index contributed by atoms with van der Waals surface area (Å²) in [6, 6.07) is 3.58. The molecule has 1 saturated heterocycles. The molecule has 1 fully saturated rings. The van der Waals surface area contributed by atoms with E-state index in [1.807, 2.05) is 23.9 Å². The van der Waals surface area contributed by atoms with E-state index in [-0.39, 0.29) is 12.1 Å². The third-order valence-electron chi connectivity index (χ3n) is 2.71.